The molecule has 0 unspecified atom stereocenters. The smallest absolute Gasteiger partial charge is 0.177 e. The highest BCUT2D eigenvalue weighted by Crippen LogP contribution is 2.08. The molecule has 0 aliphatic heterocycles. The minimum atomic E-state index is -0.106. The summed E-state index contributed by atoms with van der Waals surface area (Å²) in [4.78, 5) is 4.40. The highest BCUT2D eigenvalue weighted by atomic mass is 16.3. The molecule has 0 radical (unpaired) electrons. The van der Waals surface area contributed by atoms with Crippen LogP contribution in [-0.4, -0.2) is 30.1 Å². The minimum Gasteiger partial charge on any atom is -0.390 e. The van der Waals surface area contributed by atoms with Crippen LogP contribution in [0.4, 0.5) is 0 Å². The number of hydrogen-bond donors (Lipinski definition) is 1. The lowest BCUT2D eigenvalue weighted by atomic mass is 10.4. The van der Waals surface area contributed by atoms with Crippen molar-refractivity contribution in [1.29, 1.82) is 0 Å². The summed E-state index contributed by atoms with van der Waals surface area (Å²) in [7, 11) is 0. The van der Waals surface area contributed by atoms with E-state index < -0.39 is 0 Å². The van der Waals surface area contributed by atoms with Gasteiger partial charge in [0.25, 0.3) is 0 Å². The second-order valence-electron chi connectivity index (χ2n) is 3.60. The topological polar surface area (TPSA) is 76.7 Å². The Balaban J connectivity index is 2.40. The Labute approximate surface area is 99.3 Å². The quantitative estimate of drug-likeness (QED) is 0.840. The molecule has 2 heterocycles. The Morgan fingerprint density at radius 3 is 2.53 bits per heavy atom. The monoisotopic (exact) mass is 233 g/mol. The van der Waals surface area contributed by atoms with Crippen molar-refractivity contribution < 1.29 is 5.11 Å². The highest BCUT2D eigenvalue weighted by Gasteiger charge is 2.10. The van der Waals surface area contributed by atoms with E-state index >= 15 is 0 Å². The van der Waals surface area contributed by atoms with Crippen molar-refractivity contribution in [3.63, 3.8) is 0 Å². The molecule has 0 saturated heterocycles. The van der Waals surface area contributed by atoms with Gasteiger partial charge in [-0.25, -0.2) is 4.98 Å². The molecule has 0 saturated carbocycles. The van der Waals surface area contributed by atoms with E-state index in [1.54, 1.807) is 16.8 Å². The van der Waals surface area contributed by atoms with Crippen molar-refractivity contribution in [2.45, 2.75) is 33.3 Å². The van der Waals surface area contributed by atoms with Gasteiger partial charge in [-0.05, 0) is 12.1 Å². The average molecular weight is 233 g/mol. The Morgan fingerprint density at radius 1 is 1.18 bits per heavy atom. The van der Waals surface area contributed by atoms with E-state index in [0.29, 0.717) is 11.5 Å². The number of aliphatic hydroxyl groups excluding tert-OH is 1. The first-order valence-electron chi connectivity index (χ1n) is 5.67. The van der Waals surface area contributed by atoms with Crippen molar-refractivity contribution >= 4 is 0 Å². The van der Waals surface area contributed by atoms with Crippen LogP contribution in [0.1, 0.15) is 31.2 Å². The molecule has 0 amide bonds. The molecule has 2 aromatic heterocycles. The predicted molar refractivity (Wildman–Crippen MR) is 61.6 cm³/mol. The minimum absolute atomic E-state index is 0.106. The maximum absolute atomic E-state index is 8.90. The Bertz CT molecular complexity index is 491. The molecule has 6 nitrogen and oxygen atoms in total. The maximum Gasteiger partial charge on any atom is 0.177 e. The molecule has 0 fully saturated rings. The number of aliphatic hydroxyl groups is 1. The van der Waals surface area contributed by atoms with Gasteiger partial charge in [-0.1, -0.05) is 13.8 Å². The highest BCUT2D eigenvalue weighted by molar-refractivity contribution is 5.22. The van der Waals surface area contributed by atoms with Crippen LogP contribution in [0, 0.1) is 0 Å². The maximum atomic E-state index is 8.90. The zero-order valence-corrected chi connectivity index (χ0v) is 9.96. The molecule has 2 aromatic rings. The van der Waals surface area contributed by atoms with Crippen molar-refractivity contribution in [2.75, 3.05) is 0 Å². The summed E-state index contributed by atoms with van der Waals surface area (Å²) in [5, 5.41) is 21.2. The van der Waals surface area contributed by atoms with Gasteiger partial charge >= 0.3 is 0 Å². The number of aromatic nitrogens is 5. The third kappa shape index (κ3) is 2.31. The molecule has 17 heavy (non-hydrogen) atoms. The van der Waals surface area contributed by atoms with E-state index in [0.717, 1.165) is 24.5 Å². The van der Waals surface area contributed by atoms with Gasteiger partial charge in [-0.15, -0.1) is 10.2 Å². The summed E-state index contributed by atoms with van der Waals surface area (Å²) in [6.45, 7) is 3.93. The first-order valence-corrected chi connectivity index (χ1v) is 5.67. The van der Waals surface area contributed by atoms with Crippen LogP contribution < -0.4 is 0 Å². The molecule has 0 aliphatic carbocycles. The molecule has 0 atom stereocenters. The van der Waals surface area contributed by atoms with Crippen LogP contribution in [-0.2, 0) is 19.4 Å². The summed E-state index contributed by atoms with van der Waals surface area (Å²) in [6, 6.07) is 3.51. The number of rotatable bonds is 4. The van der Waals surface area contributed by atoms with Gasteiger partial charge in [-0.2, -0.15) is 9.78 Å². The number of aryl methyl sites for hydroxylation is 2. The van der Waals surface area contributed by atoms with Gasteiger partial charge in [0.15, 0.2) is 11.6 Å². The Kier molecular flexibility index (Phi) is 3.43. The third-order valence-corrected chi connectivity index (χ3v) is 2.44. The molecular weight excluding hydrogens is 218 g/mol. The second kappa shape index (κ2) is 5.01. The van der Waals surface area contributed by atoms with Crippen LogP contribution in [0.25, 0.3) is 5.82 Å². The molecule has 2 rings (SSSR count). The Morgan fingerprint density at radius 2 is 2.00 bits per heavy atom. The largest absolute Gasteiger partial charge is 0.390 e. The molecule has 0 bridgehead atoms. The van der Waals surface area contributed by atoms with Gasteiger partial charge in [0.2, 0.25) is 0 Å². The van der Waals surface area contributed by atoms with E-state index in [-0.39, 0.29) is 6.61 Å². The van der Waals surface area contributed by atoms with E-state index in [4.69, 9.17) is 5.11 Å². The Hall–Kier alpha value is -1.82. The molecule has 0 aliphatic rings. The molecule has 0 aromatic carbocycles. The normalized spacial score (nSPS) is 10.8. The van der Waals surface area contributed by atoms with Gasteiger partial charge in [0.05, 0.1) is 12.3 Å². The summed E-state index contributed by atoms with van der Waals surface area (Å²) >= 11 is 0. The third-order valence-electron chi connectivity index (χ3n) is 2.44. The van der Waals surface area contributed by atoms with Crippen LogP contribution in [0.2, 0.25) is 0 Å². The van der Waals surface area contributed by atoms with Gasteiger partial charge in [0, 0.05) is 12.8 Å². The van der Waals surface area contributed by atoms with Crippen molar-refractivity contribution in [3.8, 4) is 5.82 Å². The average Bonchev–Trinajstić information content (AvgIpc) is 2.82. The van der Waals surface area contributed by atoms with E-state index in [9.17, 15) is 0 Å². The lowest BCUT2D eigenvalue weighted by molar-refractivity contribution is 0.275. The number of nitrogens with zero attached hydrogens (tertiary/aromatic N) is 5. The lowest BCUT2D eigenvalue weighted by Crippen LogP contribution is -2.06. The lowest BCUT2D eigenvalue weighted by Gasteiger charge is -2.02. The summed E-state index contributed by atoms with van der Waals surface area (Å²) in [5.74, 6) is 2.30. The van der Waals surface area contributed by atoms with Crippen molar-refractivity contribution in [2.24, 2.45) is 0 Å². The van der Waals surface area contributed by atoms with E-state index in [1.165, 1.54) is 0 Å². The fourth-order valence-corrected chi connectivity index (χ4v) is 1.50. The van der Waals surface area contributed by atoms with Crippen molar-refractivity contribution in [1.82, 2.24) is 25.0 Å². The first kappa shape index (κ1) is 11.7. The van der Waals surface area contributed by atoms with Crippen LogP contribution in [0.3, 0.4) is 0 Å². The molecular formula is C11H15N5O. The first-order chi connectivity index (χ1) is 8.28. The second-order valence-corrected chi connectivity index (χ2v) is 3.60. The van der Waals surface area contributed by atoms with Crippen molar-refractivity contribution in [3.05, 3.63) is 29.5 Å². The SMILES string of the molecule is CCc1nc(CC)n(-c2ccc(CO)nn2)n1. The molecule has 6 heteroatoms. The van der Waals surface area contributed by atoms with Crippen LogP contribution in [0.5, 0.6) is 0 Å². The molecule has 0 spiro atoms. The molecule has 1 N–H and O–H groups in total. The fraction of sp³-hybridized carbons (Fsp3) is 0.455. The van der Waals surface area contributed by atoms with Crippen LogP contribution in [0.15, 0.2) is 12.1 Å². The summed E-state index contributed by atoms with van der Waals surface area (Å²) in [6.07, 6.45) is 1.58. The zero-order chi connectivity index (χ0) is 12.3. The van der Waals surface area contributed by atoms with Gasteiger partial charge in [-0.3, -0.25) is 0 Å². The van der Waals surface area contributed by atoms with Gasteiger partial charge < -0.3 is 5.11 Å². The number of hydrogen-bond acceptors (Lipinski definition) is 5. The van der Waals surface area contributed by atoms with Gasteiger partial charge in [0.1, 0.15) is 5.82 Å². The zero-order valence-electron chi connectivity index (χ0n) is 9.96. The van der Waals surface area contributed by atoms with E-state index in [1.807, 2.05) is 13.8 Å². The van der Waals surface area contributed by atoms with Crippen LogP contribution >= 0.6 is 0 Å². The predicted octanol–water partition coefficient (Wildman–Crippen LogP) is 0.674. The summed E-state index contributed by atoms with van der Waals surface area (Å²) in [5.41, 5.74) is 0.544. The van der Waals surface area contributed by atoms with E-state index in [2.05, 4.69) is 20.3 Å². The molecule has 90 valence electrons. The standard InChI is InChI=1S/C11H15N5O/c1-3-9-12-10(4-2)16(15-9)11-6-5-8(7-17)13-14-11/h5-6,17H,3-4,7H2,1-2H3. The summed E-state index contributed by atoms with van der Waals surface area (Å²) < 4.78 is 1.70. The fourth-order valence-electron chi connectivity index (χ4n) is 1.50.